The monoisotopic (exact) mass is 344 g/mol. The molecule has 0 saturated carbocycles. The van der Waals surface area contributed by atoms with Crippen molar-refractivity contribution in [1.82, 2.24) is 9.47 Å². The molecule has 1 aromatic heterocycles. The van der Waals surface area contributed by atoms with Crippen molar-refractivity contribution in [3.8, 4) is 0 Å². The van der Waals surface area contributed by atoms with Gasteiger partial charge in [-0.25, -0.2) is 0 Å². The fourth-order valence-electron chi connectivity index (χ4n) is 3.15. The molecule has 1 aromatic carbocycles. The molecule has 2 heterocycles. The minimum absolute atomic E-state index is 0.00513. The summed E-state index contributed by atoms with van der Waals surface area (Å²) >= 11 is 6.18. The Bertz CT molecular complexity index is 800. The maximum Gasteiger partial charge on any atom is 0.255 e. The zero-order valence-corrected chi connectivity index (χ0v) is 14.5. The Balaban J connectivity index is 1.85. The SMILES string of the molecule is CC1CCCN(C(=O)c2ccc(=O)n(Cc3ccccc3Cl)c2)C1. The lowest BCUT2D eigenvalue weighted by Crippen LogP contribution is -2.39. The Morgan fingerprint density at radius 1 is 1.25 bits per heavy atom. The first-order valence-corrected chi connectivity index (χ1v) is 8.65. The third-order valence-electron chi connectivity index (χ3n) is 4.47. The van der Waals surface area contributed by atoms with Gasteiger partial charge in [-0.3, -0.25) is 9.59 Å². The van der Waals surface area contributed by atoms with Crippen molar-refractivity contribution in [3.63, 3.8) is 0 Å². The van der Waals surface area contributed by atoms with Gasteiger partial charge in [-0.15, -0.1) is 0 Å². The zero-order chi connectivity index (χ0) is 17.1. The first-order valence-electron chi connectivity index (χ1n) is 8.28. The first kappa shape index (κ1) is 16.8. The molecule has 0 radical (unpaired) electrons. The molecule has 1 saturated heterocycles. The van der Waals surface area contributed by atoms with Crippen LogP contribution in [0.4, 0.5) is 0 Å². The van der Waals surface area contributed by atoms with E-state index >= 15 is 0 Å². The Hall–Kier alpha value is -2.07. The van der Waals surface area contributed by atoms with Gasteiger partial charge < -0.3 is 9.47 Å². The van der Waals surface area contributed by atoms with Crippen LogP contribution in [-0.4, -0.2) is 28.5 Å². The second-order valence-corrected chi connectivity index (χ2v) is 6.88. The van der Waals surface area contributed by atoms with Gasteiger partial charge in [0.1, 0.15) is 0 Å². The molecule has 126 valence electrons. The molecule has 5 heteroatoms. The fourth-order valence-corrected chi connectivity index (χ4v) is 3.34. The van der Waals surface area contributed by atoms with Gasteiger partial charge in [0.2, 0.25) is 0 Å². The van der Waals surface area contributed by atoms with Crippen molar-refractivity contribution < 1.29 is 4.79 Å². The van der Waals surface area contributed by atoms with Crippen LogP contribution in [0.15, 0.2) is 47.4 Å². The summed E-state index contributed by atoms with van der Waals surface area (Å²) in [4.78, 5) is 26.7. The minimum Gasteiger partial charge on any atom is -0.338 e. The van der Waals surface area contributed by atoms with E-state index < -0.39 is 0 Å². The number of rotatable bonds is 3. The van der Waals surface area contributed by atoms with Crippen molar-refractivity contribution in [3.05, 3.63) is 69.1 Å². The zero-order valence-electron chi connectivity index (χ0n) is 13.7. The Labute approximate surface area is 146 Å². The molecule has 2 aromatic rings. The average molecular weight is 345 g/mol. The molecule has 1 atom stereocenters. The van der Waals surface area contributed by atoms with E-state index in [9.17, 15) is 9.59 Å². The number of amides is 1. The van der Waals surface area contributed by atoms with E-state index in [-0.39, 0.29) is 11.5 Å². The van der Waals surface area contributed by atoms with E-state index in [4.69, 9.17) is 11.6 Å². The lowest BCUT2D eigenvalue weighted by molar-refractivity contribution is 0.0682. The lowest BCUT2D eigenvalue weighted by atomic mass is 10.00. The highest BCUT2D eigenvalue weighted by atomic mass is 35.5. The van der Waals surface area contributed by atoms with Crippen LogP contribution in [0.25, 0.3) is 0 Å². The van der Waals surface area contributed by atoms with E-state index in [1.54, 1.807) is 22.9 Å². The van der Waals surface area contributed by atoms with Crippen molar-refractivity contribution in [2.24, 2.45) is 5.92 Å². The van der Waals surface area contributed by atoms with Crippen LogP contribution in [0.3, 0.4) is 0 Å². The minimum atomic E-state index is -0.140. The van der Waals surface area contributed by atoms with E-state index in [0.29, 0.717) is 23.0 Å². The molecule has 0 spiro atoms. The highest BCUT2D eigenvalue weighted by molar-refractivity contribution is 6.31. The summed E-state index contributed by atoms with van der Waals surface area (Å²) in [7, 11) is 0. The van der Waals surface area contributed by atoms with Crippen LogP contribution in [0.1, 0.15) is 35.7 Å². The summed E-state index contributed by atoms with van der Waals surface area (Å²) in [5.74, 6) is 0.520. The van der Waals surface area contributed by atoms with Crippen LogP contribution < -0.4 is 5.56 Å². The maximum atomic E-state index is 12.7. The number of hydrogen-bond donors (Lipinski definition) is 0. The number of pyridine rings is 1. The summed E-state index contributed by atoms with van der Waals surface area (Å²) in [5.41, 5.74) is 1.27. The molecular weight excluding hydrogens is 324 g/mol. The second-order valence-electron chi connectivity index (χ2n) is 6.47. The van der Waals surface area contributed by atoms with Crippen molar-refractivity contribution in [2.75, 3.05) is 13.1 Å². The number of carbonyl (C=O) groups excluding carboxylic acids is 1. The van der Waals surface area contributed by atoms with Gasteiger partial charge in [0.15, 0.2) is 0 Å². The van der Waals surface area contributed by atoms with Crippen LogP contribution in [0.5, 0.6) is 0 Å². The summed E-state index contributed by atoms with van der Waals surface area (Å²) in [6.07, 6.45) is 3.84. The second kappa shape index (κ2) is 7.22. The number of piperidine rings is 1. The third-order valence-corrected chi connectivity index (χ3v) is 4.84. The van der Waals surface area contributed by atoms with Crippen LogP contribution in [-0.2, 0) is 6.54 Å². The molecule has 1 fully saturated rings. The number of likely N-dealkylation sites (tertiary alicyclic amines) is 1. The highest BCUT2D eigenvalue weighted by Crippen LogP contribution is 2.18. The van der Waals surface area contributed by atoms with Gasteiger partial charge in [0.25, 0.3) is 11.5 Å². The van der Waals surface area contributed by atoms with Gasteiger partial charge in [-0.05, 0) is 36.5 Å². The fraction of sp³-hybridized carbons (Fsp3) is 0.368. The molecule has 4 nitrogen and oxygen atoms in total. The number of aromatic nitrogens is 1. The van der Waals surface area contributed by atoms with Crippen LogP contribution in [0.2, 0.25) is 5.02 Å². The van der Waals surface area contributed by atoms with Crippen molar-refractivity contribution >= 4 is 17.5 Å². The molecule has 1 aliphatic rings. The predicted molar refractivity (Wildman–Crippen MR) is 95.6 cm³/mol. The van der Waals surface area contributed by atoms with Gasteiger partial charge >= 0.3 is 0 Å². The quantitative estimate of drug-likeness (QED) is 0.856. The number of hydrogen-bond acceptors (Lipinski definition) is 2. The molecule has 0 N–H and O–H groups in total. The smallest absolute Gasteiger partial charge is 0.255 e. The summed E-state index contributed by atoms with van der Waals surface area (Å²) in [5, 5.41) is 0.617. The highest BCUT2D eigenvalue weighted by Gasteiger charge is 2.22. The molecular formula is C19H21ClN2O2. The average Bonchev–Trinajstić information content (AvgIpc) is 2.58. The van der Waals surface area contributed by atoms with E-state index in [0.717, 1.165) is 31.5 Å². The van der Waals surface area contributed by atoms with E-state index in [1.165, 1.54) is 6.07 Å². The normalized spacial score (nSPS) is 17.8. The van der Waals surface area contributed by atoms with Crippen molar-refractivity contribution in [1.29, 1.82) is 0 Å². The van der Waals surface area contributed by atoms with E-state index in [1.807, 2.05) is 23.1 Å². The summed E-state index contributed by atoms with van der Waals surface area (Å²) in [6.45, 7) is 4.09. The maximum absolute atomic E-state index is 12.7. The number of carbonyl (C=O) groups is 1. The van der Waals surface area contributed by atoms with Gasteiger partial charge in [0, 0.05) is 30.4 Å². The summed E-state index contributed by atoms with van der Waals surface area (Å²) in [6, 6.07) is 10.5. The van der Waals surface area contributed by atoms with Crippen LogP contribution >= 0.6 is 11.6 Å². The standard InChI is InChI=1S/C19H21ClN2O2/c1-14-5-4-10-21(11-14)19(24)16-8-9-18(23)22(13-16)12-15-6-2-3-7-17(15)20/h2-3,6-9,13-14H,4-5,10-12H2,1H3. The van der Waals surface area contributed by atoms with Crippen LogP contribution in [0, 0.1) is 5.92 Å². The Kier molecular flexibility index (Phi) is 5.05. The van der Waals surface area contributed by atoms with E-state index in [2.05, 4.69) is 6.92 Å². The number of halogens is 1. The first-order chi connectivity index (χ1) is 11.5. The Morgan fingerprint density at radius 3 is 2.79 bits per heavy atom. The number of benzene rings is 1. The molecule has 24 heavy (non-hydrogen) atoms. The number of nitrogens with zero attached hydrogens (tertiary/aromatic N) is 2. The predicted octanol–water partition coefficient (Wildman–Crippen LogP) is 3.42. The largest absolute Gasteiger partial charge is 0.338 e. The van der Waals surface area contributed by atoms with Gasteiger partial charge in [-0.1, -0.05) is 36.7 Å². The molecule has 1 amide bonds. The Morgan fingerprint density at radius 2 is 2.04 bits per heavy atom. The molecule has 1 aliphatic heterocycles. The lowest BCUT2D eigenvalue weighted by Gasteiger charge is -2.31. The molecule has 3 rings (SSSR count). The molecule has 0 bridgehead atoms. The van der Waals surface area contributed by atoms with Crippen molar-refractivity contribution in [2.45, 2.75) is 26.3 Å². The van der Waals surface area contributed by atoms with Gasteiger partial charge in [-0.2, -0.15) is 0 Å². The molecule has 0 aliphatic carbocycles. The molecule has 1 unspecified atom stereocenters. The topological polar surface area (TPSA) is 42.3 Å². The third kappa shape index (κ3) is 3.70. The van der Waals surface area contributed by atoms with Gasteiger partial charge in [0.05, 0.1) is 12.1 Å². The summed E-state index contributed by atoms with van der Waals surface area (Å²) < 4.78 is 1.54.